The quantitative estimate of drug-likeness (QED) is 0.527. The van der Waals surface area contributed by atoms with E-state index in [0.29, 0.717) is 10.9 Å². The monoisotopic (exact) mass is 362 g/mol. The van der Waals surface area contributed by atoms with Crippen LogP contribution in [0.25, 0.3) is 17.1 Å². The largest absolute Gasteiger partial charge is 0.285 e. The number of H-pyrrole nitrogens is 1. The highest BCUT2D eigenvalue weighted by Crippen LogP contribution is 2.23. The number of aromatic amines is 1. The van der Waals surface area contributed by atoms with Gasteiger partial charge in [-0.1, -0.05) is 61.2 Å². The van der Waals surface area contributed by atoms with Crippen LogP contribution in [-0.2, 0) is 12.2 Å². The van der Waals surface area contributed by atoms with Crippen molar-refractivity contribution < 1.29 is 0 Å². The van der Waals surface area contributed by atoms with Gasteiger partial charge in [0, 0.05) is 11.3 Å². The first-order valence-electron chi connectivity index (χ1n) is 8.42. The van der Waals surface area contributed by atoms with E-state index in [1.807, 2.05) is 34.9 Å². The summed E-state index contributed by atoms with van der Waals surface area (Å²) in [6, 6.07) is 18.4. The Morgan fingerprint density at radius 3 is 2.62 bits per heavy atom. The minimum Gasteiger partial charge on any atom is -0.285 e. The number of aromatic nitrogens is 6. The Bertz CT molecular complexity index is 975. The normalized spacial score (nSPS) is 11.0. The first-order chi connectivity index (χ1) is 12.8. The molecule has 0 atom stereocenters. The summed E-state index contributed by atoms with van der Waals surface area (Å²) in [6.45, 7) is 2.15. The van der Waals surface area contributed by atoms with E-state index in [4.69, 9.17) is 0 Å². The van der Waals surface area contributed by atoms with Gasteiger partial charge in [0.05, 0.1) is 5.75 Å². The average Bonchev–Trinajstić information content (AvgIpc) is 3.36. The van der Waals surface area contributed by atoms with Crippen LogP contribution in [0.4, 0.5) is 0 Å². The molecule has 4 rings (SSSR count). The highest BCUT2D eigenvalue weighted by molar-refractivity contribution is 7.98. The van der Waals surface area contributed by atoms with E-state index in [-0.39, 0.29) is 0 Å². The van der Waals surface area contributed by atoms with Crippen LogP contribution in [-0.4, -0.2) is 29.9 Å². The summed E-state index contributed by atoms with van der Waals surface area (Å²) in [5, 5.41) is 16.3. The van der Waals surface area contributed by atoms with Gasteiger partial charge in [-0.05, 0) is 24.1 Å². The molecule has 0 fully saturated rings. The van der Waals surface area contributed by atoms with Crippen LogP contribution in [0.3, 0.4) is 0 Å². The van der Waals surface area contributed by atoms with Crippen molar-refractivity contribution >= 4 is 11.8 Å². The lowest BCUT2D eigenvalue weighted by Crippen LogP contribution is -1.98. The fourth-order valence-corrected chi connectivity index (χ4v) is 3.35. The molecule has 4 aromatic rings. The van der Waals surface area contributed by atoms with E-state index in [1.54, 1.807) is 6.33 Å². The minimum atomic E-state index is 0.640. The molecular formula is C19H18N6S. The molecule has 0 aliphatic carbocycles. The maximum Gasteiger partial charge on any atom is 0.209 e. The minimum absolute atomic E-state index is 0.640. The third-order valence-corrected chi connectivity index (χ3v) is 4.93. The zero-order valence-electron chi connectivity index (χ0n) is 14.3. The first kappa shape index (κ1) is 16.5. The smallest absolute Gasteiger partial charge is 0.209 e. The number of benzene rings is 2. The zero-order chi connectivity index (χ0) is 17.8. The number of nitrogens with one attached hydrogen (secondary N) is 1. The summed E-state index contributed by atoms with van der Waals surface area (Å²) in [4.78, 5) is 4.58. The van der Waals surface area contributed by atoms with Crippen molar-refractivity contribution in [2.24, 2.45) is 0 Å². The van der Waals surface area contributed by atoms with E-state index in [0.717, 1.165) is 29.3 Å². The molecule has 2 aromatic carbocycles. The van der Waals surface area contributed by atoms with Crippen molar-refractivity contribution in [3.63, 3.8) is 0 Å². The summed E-state index contributed by atoms with van der Waals surface area (Å²) in [7, 11) is 0. The van der Waals surface area contributed by atoms with Gasteiger partial charge in [0.1, 0.15) is 12.2 Å². The van der Waals surface area contributed by atoms with E-state index in [1.165, 1.54) is 17.3 Å². The van der Waals surface area contributed by atoms with Gasteiger partial charge in [-0.3, -0.25) is 9.67 Å². The highest BCUT2D eigenvalue weighted by Gasteiger charge is 2.10. The summed E-state index contributed by atoms with van der Waals surface area (Å²) < 4.78 is 1.98. The van der Waals surface area contributed by atoms with Crippen molar-refractivity contribution in [1.29, 1.82) is 0 Å². The first-order valence-corrected chi connectivity index (χ1v) is 9.41. The molecule has 26 heavy (non-hydrogen) atoms. The Morgan fingerprint density at radius 1 is 1.04 bits per heavy atom. The summed E-state index contributed by atoms with van der Waals surface area (Å²) in [6.07, 6.45) is 2.75. The Morgan fingerprint density at radius 2 is 1.85 bits per heavy atom. The van der Waals surface area contributed by atoms with E-state index >= 15 is 0 Å². The second kappa shape index (κ2) is 7.53. The number of aryl methyl sites for hydroxylation is 1. The van der Waals surface area contributed by atoms with Gasteiger partial charge in [-0.25, -0.2) is 4.98 Å². The Hall–Kier alpha value is -2.93. The predicted molar refractivity (Wildman–Crippen MR) is 102 cm³/mol. The van der Waals surface area contributed by atoms with Gasteiger partial charge in [0.15, 0.2) is 5.82 Å². The van der Waals surface area contributed by atoms with Crippen LogP contribution in [0.2, 0.25) is 0 Å². The molecule has 130 valence electrons. The molecule has 2 heterocycles. The fraction of sp³-hybridized carbons (Fsp3) is 0.158. The number of hydrogen-bond donors (Lipinski definition) is 1. The number of thioether (sulfide) groups is 1. The van der Waals surface area contributed by atoms with Crippen LogP contribution in [0.15, 0.2) is 66.1 Å². The van der Waals surface area contributed by atoms with Gasteiger partial charge < -0.3 is 0 Å². The Labute approximate surface area is 155 Å². The molecule has 0 saturated heterocycles. The number of hydrogen-bond acceptors (Lipinski definition) is 5. The molecular weight excluding hydrogens is 344 g/mol. The molecule has 7 heteroatoms. The molecule has 1 N–H and O–H groups in total. The van der Waals surface area contributed by atoms with Crippen LogP contribution >= 0.6 is 11.8 Å². The van der Waals surface area contributed by atoms with E-state index < -0.39 is 0 Å². The molecule has 6 nitrogen and oxygen atoms in total. The predicted octanol–water partition coefficient (Wildman–Crippen LogP) is 3.91. The third-order valence-electron chi connectivity index (χ3n) is 4.08. The fourth-order valence-electron chi connectivity index (χ4n) is 2.63. The lowest BCUT2D eigenvalue weighted by atomic mass is 10.1. The summed E-state index contributed by atoms with van der Waals surface area (Å²) in [5.74, 6) is 2.28. The molecule has 0 aliphatic heterocycles. The van der Waals surface area contributed by atoms with Gasteiger partial charge in [-0.2, -0.15) is 0 Å². The molecule has 0 radical (unpaired) electrons. The second-order valence-corrected chi connectivity index (χ2v) is 6.70. The van der Waals surface area contributed by atoms with Crippen molar-refractivity contribution in [3.05, 3.63) is 72.3 Å². The molecule has 0 spiro atoms. The van der Waals surface area contributed by atoms with Crippen LogP contribution in [0.1, 0.15) is 18.3 Å². The topological polar surface area (TPSA) is 72.3 Å². The average molecular weight is 362 g/mol. The van der Waals surface area contributed by atoms with Gasteiger partial charge in [-0.15, -0.1) is 15.3 Å². The van der Waals surface area contributed by atoms with E-state index in [9.17, 15) is 0 Å². The summed E-state index contributed by atoms with van der Waals surface area (Å²) in [5.41, 5.74) is 3.39. The number of para-hydroxylation sites is 1. The Kier molecular flexibility index (Phi) is 4.79. The lowest BCUT2D eigenvalue weighted by Gasteiger charge is -2.04. The summed E-state index contributed by atoms with van der Waals surface area (Å²) >= 11 is 1.53. The molecule has 0 bridgehead atoms. The Balaban J connectivity index is 1.46. The lowest BCUT2D eigenvalue weighted by molar-refractivity contribution is 0.939. The van der Waals surface area contributed by atoms with Crippen molar-refractivity contribution in [2.45, 2.75) is 24.3 Å². The zero-order valence-corrected chi connectivity index (χ0v) is 15.1. The van der Waals surface area contributed by atoms with Crippen LogP contribution in [0, 0.1) is 0 Å². The van der Waals surface area contributed by atoms with Gasteiger partial charge >= 0.3 is 0 Å². The highest BCUT2D eigenvalue weighted by atomic mass is 32.2. The molecule has 0 aliphatic rings. The number of rotatable bonds is 6. The third kappa shape index (κ3) is 3.52. The van der Waals surface area contributed by atoms with Crippen molar-refractivity contribution in [3.8, 4) is 17.1 Å². The molecule has 0 unspecified atom stereocenters. The van der Waals surface area contributed by atoms with Gasteiger partial charge in [0.2, 0.25) is 5.16 Å². The van der Waals surface area contributed by atoms with Crippen LogP contribution in [0.5, 0.6) is 0 Å². The number of nitrogens with zero attached hydrogens (tertiary/aromatic N) is 5. The van der Waals surface area contributed by atoms with E-state index in [2.05, 4.69) is 56.6 Å². The van der Waals surface area contributed by atoms with Crippen LogP contribution < -0.4 is 0 Å². The molecule has 0 saturated carbocycles. The van der Waals surface area contributed by atoms with Crippen molar-refractivity contribution in [2.75, 3.05) is 0 Å². The van der Waals surface area contributed by atoms with Gasteiger partial charge in [0.25, 0.3) is 0 Å². The molecule has 2 aromatic heterocycles. The molecule has 0 amide bonds. The maximum atomic E-state index is 4.58. The standard InChI is InChI=1S/C19H18N6S/c1-2-14-8-10-15(11-9-14)18-21-19(24-23-18)26-12-17-22-20-13-25(17)16-6-4-3-5-7-16/h3-11,13H,2,12H2,1H3,(H,21,23,24). The maximum absolute atomic E-state index is 4.58. The second-order valence-electron chi connectivity index (χ2n) is 5.76. The van der Waals surface area contributed by atoms with Crippen molar-refractivity contribution in [1.82, 2.24) is 29.9 Å². The SMILES string of the molecule is CCc1ccc(-c2nc(SCc3nncn3-c3ccccc3)n[nH]2)cc1.